The Morgan fingerprint density at radius 2 is 1.85 bits per heavy atom. The molecule has 33 heavy (non-hydrogen) atoms. The molecule has 1 fully saturated rings. The van der Waals surface area contributed by atoms with Gasteiger partial charge in [-0.2, -0.15) is 0 Å². The number of hydrogen-bond acceptors (Lipinski definition) is 5. The van der Waals surface area contributed by atoms with Gasteiger partial charge in [0, 0.05) is 0 Å². The van der Waals surface area contributed by atoms with Crippen molar-refractivity contribution in [1.82, 2.24) is 15.5 Å². The van der Waals surface area contributed by atoms with Crippen molar-refractivity contribution in [3.63, 3.8) is 0 Å². The molecule has 0 aromatic heterocycles. The highest BCUT2D eigenvalue weighted by atomic mass is 16.7. The summed E-state index contributed by atoms with van der Waals surface area (Å²) >= 11 is 0. The van der Waals surface area contributed by atoms with Crippen LogP contribution in [-0.2, 0) is 28.0 Å². The Morgan fingerprint density at radius 1 is 1.09 bits per heavy atom. The van der Waals surface area contributed by atoms with Crippen LogP contribution in [0.15, 0.2) is 36.4 Å². The Morgan fingerprint density at radius 3 is 2.67 bits per heavy atom. The maximum absolute atomic E-state index is 13.2. The fourth-order valence-electron chi connectivity index (χ4n) is 4.78. The Hall–Kier alpha value is -3.55. The minimum atomic E-state index is -1.29. The second kappa shape index (κ2) is 8.10. The van der Waals surface area contributed by atoms with Crippen molar-refractivity contribution in [3.05, 3.63) is 58.7 Å². The third-order valence-corrected chi connectivity index (χ3v) is 6.78. The van der Waals surface area contributed by atoms with Gasteiger partial charge in [0.05, 0.1) is 6.04 Å². The van der Waals surface area contributed by atoms with Crippen LogP contribution in [0.2, 0.25) is 0 Å². The van der Waals surface area contributed by atoms with E-state index in [-0.39, 0.29) is 19.4 Å². The fraction of sp³-hybridized carbons (Fsp3) is 0.400. The van der Waals surface area contributed by atoms with Gasteiger partial charge in [-0.25, -0.2) is 4.79 Å². The molecule has 1 saturated heterocycles. The third kappa shape index (κ3) is 3.79. The molecule has 0 radical (unpaired) electrons. The molecule has 2 atom stereocenters. The molecule has 8 nitrogen and oxygen atoms in total. The molecule has 4 amide bonds. The van der Waals surface area contributed by atoms with Crippen molar-refractivity contribution in [2.45, 2.75) is 51.1 Å². The zero-order valence-electron chi connectivity index (χ0n) is 18.8. The topological polar surface area (TPSA) is 97.0 Å². The lowest BCUT2D eigenvalue weighted by atomic mass is 9.89. The predicted octanol–water partition coefficient (Wildman–Crippen LogP) is 2.94. The Balaban J connectivity index is 1.27. The van der Waals surface area contributed by atoms with Crippen molar-refractivity contribution in [3.8, 4) is 11.5 Å². The highest BCUT2D eigenvalue weighted by molar-refractivity contribution is 6.09. The number of hydrogen-bond donors (Lipinski definition) is 2. The summed E-state index contributed by atoms with van der Waals surface area (Å²) < 4.78 is 10.7. The molecule has 2 heterocycles. The summed E-state index contributed by atoms with van der Waals surface area (Å²) in [6.45, 7) is 3.30. The van der Waals surface area contributed by atoms with E-state index in [0.717, 1.165) is 23.3 Å². The number of amides is 4. The second-order valence-electron chi connectivity index (χ2n) is 9.04. The van der Waals surface area contributed by atoms with E-state index >= 15 is 0 Å². The van der Waals surface area contributed by atoms with Gasteiger partial charge in [0.1, 0.15) is 12.1 Å². The van der Waals surface area contributed by atoms with E-state index < -0.39 is 23.4 Å². The summed E-state index contributed by atoms with van der Waals surface area (Å²) in [5.41, 5.74) is 3.02. The lowest BCUT2D eigenvalue weighted by Gasteiger charge is -2.23. The summed E-state index contributed by atoms with van der Waals surface area (Å²) in [6, 6.07) is 10.6. The first-order valence-electron chi connectivity index (χ1n) is 11.3. The van der Waals surface area contributed by atoms with Crippen LogP contribution in [0.5, 0.6) is 11.5 Å². The quantitative estimate of drug-likeness (QED) is 0.684. The van der Waals surface area contributed by atoms with Crippen molar-refractivity contribution >= 4 is 17.8 Å². The molecule has 1 aliphatic carbocycles. The normalized spacial score (nSPS) is 22.1. The molecule has 8 heteroatoms. The van der Waals surface area contributed by atoms with Crippen molar-refractivity contribution in [2.24, 2.45) is 0 Å². The van der Waals surface area contributed by atoms with E-state index in [1.165, 1.54) is 24.0 Å². The summed E-state index contributed by atoms with van der Waals surface area (Å²) in [5, 5.41) is 5.65. The summed E-state index contributed by atoms with van der Waals surface area (Å²) in [7, 11) is 0. The first kappa shape index (κ1) is 21.3. The van der Waals surface area contributed by atoms with Crippen molar-refractivity contribution in [1.29, 1.82) is 0 Å². The van der Waals surface area contributed by atoms with Crippen molar-refractivity contribution in [2.75, 3.05) is 13.3 Å². The Bertz CT molecular complexity index is 1150. The molecule has 2 aliphatic heterocycles. The van der Waals surface area contributed by atoms with Gasteiger partial charge in [-0.05, 0) is 73.9 Å². The summed E-state index contributed by atoms with van der Waals surface area (Å²) in [6.07, 6.45) is 4.57. The third-order valence-electron chi connectivity index (χ3n) is 6.78. The van der Waals surface area contributed by atoms with E-state index in [1.54, 1.807) is 25.1 Å². The molecule has 5 rings (SSSR count). The number of urea groups is 1. The lowest BCUT2D eigenvalue weighted by molar-refractivity contribution is -0.135. The second-order valence-corrected chi connectivity index (χ2v) is 9.04. The monoisotopic (exact) mass is 449 g/mol. The zero-order valence-corrected chi connectivity index (χ0v) is 18.8. The van der Waals surface area contributed by atoms with Gasteiger partial charge in [-0.1, -0.05) is 24.3 Å². The van der Waals surface area contributed by atoms with E-state index in [9.17, 15) is 14.4 Å². The molecule has 172 valence electrons. The maximum atomic E-state index is 13.2. The molecular weight excluding hydrogens is 422 g/mol. The van der Waals surface area contributed by atoms with Crippen LogP contribution in [0, 0.1) is 0 Å². The van der Waals surface area contributed by atoms with Gasteiger partial charge in [0.25, 0.3) is 5.91 Å². The summed E-state index contributed by atoms with van der Waals surface area (Å²) in [4.78, 5) is 39.5. The van der Waals surface area contributed by atoms with Crippen LogP contribution in [0.3, 0.4) is 0 Å². The highest BCUT2D eigenvalue weighted by Gasteiger charge is 2.50. The average molecular weight is 450 g/mol. The first-order chi connectivity index (χ1) is 15.8. The number of imide groups is 1. The molecule has 2 aromatic rings. The average Bonchev–Trinajstić information content (AvgIpc) is 3.37. The maximum Gasteiger partial charge on any atom is 0.325 e. The van der Waals surface area contributed by atoms with Crippen LogP contribution in [0.4, 0.5) is 4.79 Å². The minimum absolute atomic E-state index is 0.116. The van der Waals surface area contributed by atoms with E-state index in [4.69, 9.17) is 9.47 Å². The number of aryl methyl sites for hydroxylation is 2. The smallest absolute Gasteiger partial charge is 0.325 e. The molecule has 0 unspecified atom stereocenters. The number of benzene rings is 2. The van der Waals surface area contributed by atoms with Gasteiger partial charge in [0.15, 0.2) is 11.5 Å². The molecule has 0 spiro atoms. The molecular formula is C25H27N3O5. The molecule has 2 N–H and O–H groups in total. The number of fused-ring (bicyclic) bond motifs is 2. The van der Waals surface area contributed by atoms with E-state index in [0.29, 0.717) is 17.1 Å². The molecule has 0 bridgehead atoms. The van der Waals surface area contributed by atoms with Gasteiger partial charge >= 0.3 is 6.03 Å². The standard InChI is InChI=1S/C25H27N3O5/c1-15(17-8-7-16-5-3-4-6-18(16)11-17)26-22(29)13-28-23(30)25(2,27-24(28)31)19-9-10-20-21(12-19)33-14-32-20/h7-12,15H,3-6,13-14H2,1-2H3,(H,26,29)(H,27,31)/t15-,25-/m0/s1. The minimum Gasteiger partial charge on any atom is -0.454 e. The Labute approximate surface area is 192 Å². The highest BCUT2D eigenvalue weighted by Crippen LogP contribution is 2.37. The van der Waals surface area contributed by atoms with Gasteiger partial charge in [-0.15, -0.1) is 0 Å². The number of carbonyl (C=O) groups excluding carboxylic acids is 3. The van der Waals surface area contributed by atoms with Gasteiger partial charge in [0.2, 0.25) is 12.7 Å². The van der Waals surface area contributed by atoms with E-state index in [2.05, 4.69) is 22.8 Å². The Kier molecular flexibility index (Phi) is 5.23. The fourth-order valence-corrected chi connectivity index (χ4v) is 4.78. The van der Waals surface area contributed by atoms with Crippen molar-refractivity contribution < 1.29 is 23.9 Å². The molecule has 2 aromatic carbocycles. The van der Waals surface area contributed by atoms with Gasteiger partial charge < -0.3 is 20.1 Å². The van der Waals surface area contributed by atoms with Crippen LogP contribution in [0.25, 0.3) is 0 Å². The van der Waals surface area contributed by atoms with Crippen LogP contribution < -0.4 is 20.1 Å². The number of rotatable bonds is 5. The molecule has 3 aliphatic rings. The summed E-state index contributed by atoms with van der Waals surface area (Å²) in [5.74, 6) is 0.235. The van der Waals surface area contributed by atoms with Crippen LogP contribution >= 0.6 is 0 Å². The SMILES string of the molecule is C[C@H](NC(=O)CN1C(=O)N[C@@](C)(c2ccc3c(c2)OCO3)C1=O)c1ccc2c(c1)CCCC2. The first-order valence-corrected chi connectivity index (χ1v) is 11.3. The number of nitrogens with zero attached hydrogens (tertiary/aromatic N) is 1. The van der Waals surface area contributed by atoms with Crippen LogP contribution in [0.1, 0.15) is 55.0 Å². The molecule has 0 saturated carbocycles. The van der Waals surface area contributed by atoms with Crippen LogP contribution in [-0.4, -0.2) is 36.1 Å². The number of carbonyl (C=O) groups is 3. The lowest BCUT2D eigenvalue weighted by Crippen LogP contribution is -2.43. The number of ether oxygens (including phenoxy) is 2. The number of nitrogens with one attached hydrogen (secondary N) is 2. The zero-order chi connectivity index (χ0) is 23.2. The van der Waals surface area contributed by atoms with Gasteiger partial charge in [-0.3, -0.25) is 14.5 Å². The van der Waals surface area contributed by atoms with E-state index in [1.807, 2.05) is 13.0 Å². The largest absolute Gasteiger partial charge is 0.454 e. The predicted molar refractivity (Wildman–Crippen MR) is 120 cm³/mol.